The minimum Gasteiger partial charge on any atom is -0.461 e. The third-order valence-electron chi connectivity index (χ3n) is 5.18. The molecule has 0 aromatic rings. The van der Waals surface area contributed by atoms with E-state index in [0.29, 0.717) is 6.08 Å². The second-order valence-electron chi connectivity index (χ2n) is 7.76. The van der Waals surface area contributed by atoms with E-state index in [4.69, 9.17) is 16.3 Å². The van der Waals surface area contributed by atoms with Crippen LogP contribution in [0.1, 0.15) is 20.3 Å². The zero-order chi connectivity index (χ0) is 23.2. The van der Waals surface area contributed by atoms with E-state index in [1.807, 2.05) is 0 Å². The van der Waals surface area contributed by atoms with Gasteiger partial charge in [0, 0.05) is 12.0 Å². The van der Waals surface area contributed by atoms with E-state index in [0.717, 1.165) is 0 Å². The average molecular weight is 465 g/mol. The first-order chi connectivity index (χ1) is 13.5. The fourth-order valence-corrected chi connectivity index (χ4v) is 3.54. The molecule has 4 atom stereocenters. The third-order valence-corrected chi connectivity index (χ3v) is 5.52. The van der Waals surface area contributed by atoms with Gasteiger partial charge in [0.15, 0.2) is 23.5 Å². The van der Waals surface area contributed by atoms with E-state index in [1.54, 1.807) is 0 Å². The molecular formula is C19H17ClF8O2. The van der Waals surface area contributed by atoms with Crippen molar-refractivity contribution < 1.29 is 44.7 Å². The van der Waals surface area contributed by atoms with Crippen molar-refractivity contribution in [1.82, 2.24) is 0 Å². The van der Waals surface area contributed by atoms with Crippen molar-refractivity contribution in [2.45, 2.75) is 38.3 Å². The number of hydrogen-bond acceptors (Lipinski definition) is 2. The minimum atomic E-state index is -4.82. The fourth-order valence-electron chi connectivity index (χ4n) is 3.40. The summed E-state index contributed by atoms with van der Waals surface area (Å²) in [6.07, 6.45) is -8.41. The van der Waals surface area contributed by atoms with Crippen molar-refractivity contribution >= 4 is 17.6 Å². The molecule has 168 valence electrons. The molecule has 30 heavy (non-hydrogen) atoms. The zero-order valence-corrected chi connectivity index (χ0v) is 16.5. The van der Waals surface area contributed by atoms with Crippen LogP contribution < -0.4 is 0 Å². The van der Waals surface area contributed by atoms with Crippen LogP contribution >= 0.6 is 11.6 Å². The van der Waals surface area contributed by atoms with Gasteiger partial charge in [0.25, 0.3) is 0 Å². The number of allylic oxidation sites excluding steroid dienone is 6. The van der Waals surface area contributed by atoms with E-state index in [1.165, 1.54) is 13.8 Å². The highest BCUT2D eigenvalue weighted by Gasteiger charge is 2.62. The number of esters is 1. The van der Waals surface area contributed by atoms with Gasteiger partial charge in [-0.3, -0.25) is 4.79 Å². The molecule has 2 aliphatic rings. The van der Waals surface area contributed by atoms with Crippen LogP contribution in [0.15, 0.2) is 46.8 Å². The Morgan fingerprint density at radius 1 is 1.33 bits per heavy atom. The van der Waals surface area contributed by atoms with Gasteiger partial charge in [-0.1, -0.05) is 38.1 Å². The second-order valence-corrected chi connectivity index (χ2v) is 8.17. The van der Waals surface area contributed by atoms with Gasteiger partial charge < -0.3 is 4.74 Å². The van der Waals surface area contributed by atoms with Crippen LogP contribution in [-0.4, -0.2) is 30.6 Å². The van der Waals surface area contributed by atoms with Crippen molar-refractivity contribution in [3.05, 3.63) is 46.8 Å². The van der Waals surface area contributed by atoms with Crippen LogP contribution in [0.25, 0.3) is 0 Å². The van der Waals surface area contributed by atoms with E-state index < -0.39 is 82.4 Å². The van der Waals surface area contributed by atoms with Crippen molar-refractivity contribution in [1.29, 1.82) is 0 Å². The summed E-state index contributed by atoms with van der Waals surface area (Å²) in [6.45, 7) is 4.43. The summed E-state index contributed by atoms with van der Waals surface area (Å²) < 4.78 is 112. The molecule has 0 N–H and O–H groups in total. The number of halogens is 9. The van der Waals surface area contributed by atoms with Gasteiger partial charge in [0.05, 0.1) is 11.7 Å². The molecule has 2 rings (SSSR count). The maximum absolute atomic E-state index is 14.6. The van der Waals surface area contributed by atoms with E-state index in [9.17, 15) is 39.9 Å². The standard InChI is InChI=1S/C19H17ClF8O2/c1-8(21)5-18(25)6-11(22)14(23)9(15(18)24)7-30-16(29)13-10(17(13,2)3)4-12(20)19(26,27)28/h4,6,10,13,15H,1,5,7H2,2-3H3/t10-,13-,15?,18?/m1/s1. The van der Waals surface area contributed by atoms with Crippen LogP contribution in [-0.2, 0) is 9.53 Å². The first-order valence-electron chi connectivity index (χ1n) is 8.57. The fraction of sp³-hybridized carbons (Fsp3) is 0.526. The summed E-state index contributed by atoms with van der Waals surface area (Å²) in [5.74, 6) is -8.16. The Morgan fingerprint density at radius 2 is 1.90 bits per heavy atom. The van der Waals surface area contributed by atoms with E-state index >= 15 is 0 Å². The average Bonchev–Trinajstić information content (AvgIpc) is 3.11. The lowest BCUT2D eigenvalue weighted by Gasteiger charge is -2.30. The van der Waals surface area contributed by atoms with Crippen molar-refractivity contribution in [2.75, 3.05) is 6.61 Å². The lowest BCUT2D eigenvalue weighted by atomic mass is 9.85. The Labute approximate surface area is 171 Å². The van der Waals surface area contributed by atoms with Crippen LogP contribution in [0.3, 0.4) is 0 Å². The molecule has 1 fully saturated rings. The number of hydrogen-bond donors (Lipinski definition) is 0. The number of ether oxygens (including phenoxy) is 1. The van der Waals surface area contributed by atoms with Crippen molar-refractivity contribution in [3.8, 4) is 0 Å². The summed E-state index contributed by atoms with van der Waals surface area (Å²) in [4.78, 5) is 12.2. The summed E-state index contributed by atoms with van der Waals surface area (Å²) in [5, 5.41) is -1.44. The molecule has 0 bridgehead atoms. The van der Waals surface area contributed by atoms with Crippen LogP contribution in [0.4, 0.5) is 35.1 Å². The SMILES string of the molecule is C=C(F)CC1(F)C=C(F)C(F)=C(COC(=O)[C@H]2[C@@H](C=C(Cl)C(F)(F)F)C2(C)C)C1F. The Morgan fingerprint density at radius 3 is 2.40 bits per heavy atom. The molecule has 0 amide bonds. The van der Waals surface area contributed by atoms with Gasteiger partial charge in [-0.2, -0.15) is 13.2 Å². The zero-order valence-electron chi connectivity index (χ0n) is 15.7. The van der Waals surface area contributed by atoms with Gasteiger partial charge in [-0.25, -0.2) is 22.0 Å². The molecule has 0 saturated heterocycles. The van der Waals surface area contributed by atoms with Gasteiger partial charge in [0.2, 0.25) is 0 Å². The van der Waals surface area contributed by atoms with Gasteiger partial charge >= 0.3 is 12.1 Å². The maximum atomic E-state index is 14.6. The second kappa shape index (κ2) is 8.01. The predicted octanol–water partition coefficient (Wildman–Crippen LogP) is 6.50. The lowest BCUT2D eigenvalue weighted by Crippen LogP contribution is -2.39. The van der Waals surface area contributed by atoms with Gasteiger partial charge in [-0.15, -0.1) is 0 Å². The third kappa shape index (κ3) is 4.73. The summed E-state index contributed by atoms with van der Waals surface area (Å²) in [6, 6.07) is 0. The summed E-state index contributed by atoms with van der Waals surface area (Å²) in [7, 11) is 0. The number of alkyl halides is 5. The van der Waals surface area contributed by atoms with Gasteiger partial charge in [-0.05, 0) is 17.4 Å². The Hall–Kier alpha value is -1.84. The molecule has 2 unspecified atom stereocenters. The number of rotatable bonds is 6. The minimum absolute atomic E-state index is 0.0625. The Kier molecular flexibility index (Phi) is 6.53. The van der Waals surface area contributed by atoms with Crippen molar-refractivity contribution in [2.24, 2.45) is 17.3 Å². The molecule has 2 aliphatic carbocycles. The topological polar surface area (TPSA) is 26.3 Å². The van der Waals surface area contributed by atoms with Gasteiger partial charge in [0.1, 0.15) is 11.6 Å². The molecule has 0 aliphatic heterocycles. The highest BCUT2D eigenvalue weighted by Crippen LogP contribution is 2.60. The molecule has 0 heterocycles. The summed E-state index contributed by atoms with van der Waals surface area (Å²) in [5.41, 5.74) is -5.48. The van der Waals surface area contributed by atoms with Crippen LogP contribution in [0.5, 0.6) is 0 Å². The molecule has 0 aromatic carbocycles. The monoisotopic (exact) mass is 464 g/mol. The normalized spacial score (nSPS) is 31.4. The first-order valence-corrected chi connectivity index (χ1v) is 8.95. The molecule has 0 spiro atoms. The molecule has 11 heteroatoms. The first kappa shape index (κ1) is 24.4. The molecule has 0 aromatic heterocycles. The highest BCUT2D eigenvalue weighted by molar-refractivity contribution is 6.30. The number of carbonyl (C=O) groups is 1. The quantitative estimate of drug-likeness (QED) is 0.331. The maximum Gasteiger partial charge on any atom is 0.426 e. The van der Waals surface area contributed by atoms with Crippen LogP contribution in [0, 0.1) is 17.3 Å². The molecule has 1 saturated carbocycles. The van der Waals surface area contributed by atoms with E-state index in [2.05, 4.69) is 6.58 Å². The Bertz CT molecular complexity index is 842. The largest absolute Gasteiger partial charge is 0.461 e. The predicted molar refractivity (Wildman–Crippen MR) is 92.6 cm³/mol. The van der Waals surface area contributed by atoms with Crippen LogP contribution in [0.2, 0.25) is 0 Å². The number of carbonyl (C=O) groups excluding carboxylic acids is 1. The summed E-state index contributed by atoms with van der Waals surface area (Å²) >= 11 is 5.17. The molecule has 2 nitrogen and oxygen atoms in total. The highest BCUT2D eigenvalue weighted by atomic mass is 35.5. The smallest absolute Gasteiger partial charge is 0.426 e. The van der Waals surface area contributed by atoms with Crippen molar-refractivity contribution in [3.63, 3.8) is 0 Å². The Balaban J connectivity index is 2.15. The molecule has 0 radical (unpaired) electrons. The van der Waals surface area contributed by atoms with E-state index in [-0.39, 0.29) is 6.08 Å². The lowest BCUT2D eigenvalue weighted by molar-refractivity contribution is -0.145. The molecular weight excluding hydrogens is 448 g/mol.